The number of aromatic nitrogens is 1. The number of aryl methyl sites for hydroxylation is 2. The molecule has 100 valence electrons. The largest absolute Gasteiger partial charge is 0.398 e. The molecule has 0 radical (unpaired) electrons. The van der Waals surface area contributed by atoms with E-state index < -0.39 is 0 Å². The Labute approximate surface area is 116 Å². The molecule has 19 heavy (non-hydrogen) atoms. The first-order chi connectivity index (χ1) is 9.16. The zero-order chi connectivity index (χ0) is 13.7. The summed E-state index contributed by atoms with van der Waals surface area (Å²) in [4.78, 5) is 16.3. The van der Waals surface area contributed by atoms with Crippen LogP contribution in [0.3, 0.4) is 0 Å². The van der Waals surface area contributed by atoms with Gasteiger partial charge in [0, 0.05) is 29.7 Å². The predicted octanol–water partition coefficient (Wildman–Crippen LogP) is 2.40. The van der Waals surface area contributed by atoms with Gasteiger partial charge in [-0.3, -0.25) is 4.79 Å². The minimum absolute atomic E-state index is 0.117. The molecule has 0 bridgehead atoms. The van der Waals surface area contributed by atoms with Gasteiger partial charge in [0.15, 0.2) is 0 Å². The molecule has 0 atom stereocenters. The highest BCUT2D eigenvalue weighted by Crippen LogP contribution is 2.11. The highest BCUT2D eigenvalue weighted by Gasteiger charge is 2.07. The van der Waals surface area contributed by atoms with E-state index >= 15 is 0 Å². The van der Waals surface area contributed by atoms with Gasteiger partial charge in [-0.2, -0.15) is 0 Å². The first-order valence-electron chi connectivity index (χ1n) is 6.20. The van der Waals surface area contributed by atoms with Crippen molar-refractivity contribution in [1.82, 2.24) is 10.3 Å². The van der Waals surface area contributed by atoms with E-state index in [-0.39, 0.29) is 5.91 Å². The Bertz CT molecular complexity index is 565. The van der Waals surface area contributed by atoms with Crippen LogP contribution in [0.1, 0.15) is 27.5 Å². The summed E-state index contributed by atoms with van der Waals surface area (Å²) in [5.41, 5.74) is 7.85. The molecule has 0 spiro atoms. The third-order valence-corrected chi connectivity index (χ3v) is 3.75. The molecule has 0 aliphatic rings. The molecule has 0 saturated carbocycles. The number of benzene rings is 1. The van der Waals surface area contributed by atoms with Crippen molar-refractivity contribution in [3.63, 3.8) is 0 Å². The van der Waals surface area contributed by atoms with Crippen LogP contribution in [0.4, 0.5) is 5.69 Å². The fourth-order valence-electron chi connectivity index (χ4n) is 1.76. The maximum atomic E-state index is 11.9. The van der Waals surface area contributed by atoms with Crippen LogP contribution in [-0.4, -0.2) is 17.4 Å². The van der Waals surface area contributed by atoms with Gasteiger partial charge in [0.25, 0.3) is 5.91 Å². The molecule has 0 saturated heterocycles. The fourth-order valence-corrected chi connectivity index (χ4v) is 2.58. The van der Waals surface area contributed by atoms with E-state index in [0.29, 0.717) is 17.8 Å². The van der Waals surface area contributed by atoms with Gasteiger partial charge < -0.3 is 11.1 Å². The maximum absolute atomic E-state index is 11.9. The number of thiazole rings is 1. The summed E-state index contributed by atoms with van der Waals surface area (Å²) in [6, 6.07) is 7.09. The normalized spacial score (nSPS) is 10.4. The number of nitrogen functional groups attached to an aromatic ring is 1. The fraction of sp³-hybridized carbons (Fsp3) is 0.286. The van der Waals surface area contributed by atoms with Crippen LogP contribution >= 0.6 is 11.3 Å². The Kier molecular flexibility index (Phi) is 4.52. The van der Waals surface area contributed by atoms with Crippen LogP contribution in [-0.2, 0) is 6.42 Å². The number of amides is 1. The second kappa shape index (κ2) is 6.33. The number of para-hydroxylation sites is 1. The lowest BCUT2D eigenvalue weighted by Gasteiger charge is -2.06. The molecule has 5 heteroatoms. The number of carbonyl (C=O) groups is 1. The summed E-state index contributed by atoms with van der Waals surface area (Å²) >= 11 is 1.66. The maximum Gasteiger partial charge on any atom is 0.253 e. The standard InChI is InChI=1S/C14H17N3OS/c1-10-9-19-13(17-10)7-4-8-16-14(18)11-5-2-3-6-12(11)15/h2-3,5-6,9H,4,7-8,15H2,1H3,(H,16,18). The van der Waals surface area contributed by atoms with Crippen molar-refractivity contribution >= 4 is 22.9 Å². The first kappa shape index (κ1) is 13.5. The van der Waals surface area contributed by atoms with Gasteiger partial charge in [-0.05, 0) is 25.5 Å². The highest BCUT2D eigenvalue weighted by atomic mass is 32.1. The van der Waals surface area contributed by atoms with E-state index in [1.54, 1.807) is 23.5 Å². The van der Waals surface area contributed by atoms with E-state index in [0.717, 1.165) is 23.5 Å². The molecule has 1 amide bonds. The van der Waals surface area contributed by atoms with Crippen molar-refractivity contribution in [2.75, 3.05) is 12.3 Å². The summed E-state index contributed by atoms with van der Waals surface area (Å²) in [6.07, 6.45) is 1.77. The number of rotatable bonds is 5. The molecule has 1 heterocycles. The van der Waals surface area contributed by atoms with Crippen molar-refractivity contribution in [2.45, 2.75) is 19.8 Å². The highest BCUT2D eigenvalue weighted by molar-refractivity contribution is 7.09. The molecule has 2 aromatic rings. The minimum atomic E-state index is -0.117. The summed E-state index contributed by atoms with van der Waals surface area (Å²) in [6.45, 7) is 2.62. The zero-order valence-corrected chi connectivity index (χ0v) is 11.7. The van der Waals surface area contributed by atoms with Crippen molar-refractivity contribution in [3.05, 3.63) is 45.9 Å². The zero-order valence-electron chi connectivity index (χ0n) is 10.8. The molecular weight excluding hydrogens is 258 g/mol. The smallest absolute Gasteiger partial charge is 0.253 e. The van der Waals surface area contributed by atoms with Gasteiger partial charge >= 0.3 is 0 Å². The third-order valence-electron chi connectivity index (χ3n) is 2.72. The summed E-state index contributed by atoms with van der Waals surface area (Å²) in [5.74, 6) is -0.117. The van der Waals surface area contributed by atoms with Crippen molar-refractivity contribution in [1.29, 1.82) is 0 Å². The number of hydrogen-bond donors (Lipinski definition) is 2. The Balaban J connectivity index is 1.77. The Morgan fingerprint density at radius 2 is 2.21 bits per heavy atom. The van der Waals surface area contributed by atoms with Crippen LogP contribution in [0.25, 0.3) is 0 Å². The molecular formula is C14H17N3OS. The van der Waals surface area contributed by atoms with E-state index in [4.69, 9.17) is 5.73 Å². The SMILES string of the molecule is Cc1csc(CCCNC(=O)c2ccccc2N)n1. The summed E-state index contributed by atoms with van der Waals surface area (Å²) in [7, 11) is 0. The van der Waals surface area contributed by atoms with Gasteiger partial charge in [-0.1, -0.05) is 12.1 Å². The average Bonchev–Trinajstić information content (AvgIpc) is 2.81. The quantitative estimate of drug-likeness (QED) is 0.650. The van der Waals surface area contributed by atoms with Crippen molar-refractivity contribution in [2.24, 2.45) is 0 Å². The lowest BCUT2D eigenvalue weighted by Crippen LogP contribution is -2.25. The van der Waals surface area contributed by atoms with E-state index in [2.05, 4.69) is 10.3 Å². The molecule has 0 aliphatic heterocycles. The number of nitrogens with two attached hydrogens (primary N) is 1. The monoisotopic (exact) mass is 275 g/mol. The summed E-state index contributed by atoms with van der Waals surface area (Å²) < 4.78 is 0. The molecule has 3 N–H and O–H groups in total. The molecule has 4 nitrogen and oxygen atoms in total. The van der Waals surface area contributed by atoms with Crippen molar-refractivity contribution in [3.8, 4) is 0 Å². The molecule has 2 rings (SSSR count). The van der Waals surface area contributed by atoms with Gasteiger partial charge in [0.1, 0.15) is 0 Å². The van der Waals surface area contributed by atoms with Crippen LogP contribution < -0.4 is 11.1 Å². The van der Waals surface area contributed by atoms with Crippen molar-refractivity contribution < 1.29 is 4.79 Å². The van der Waals surface area contributed by atoms with Crippen LogP contribution in [0, 0.1) is 6.92 Å². The van der Waals surface area contributed by atoms with Crippen LogP contribution in [0.5, 0.6) is 0 Å². The molecule has 1 aromatic heterocycles. The number of anilines is 1. The Morgan fingerprint density at radius 3 is 2.89 bits per heavy atom. The molecule has 0 unspecified atom stereocenters. The second-order valence-corrected chi connectivity index (χ2v) is 5.27. The molecule has 0 aliphatic carbocycles. The topological polar surface area (TPSA) is 68.0 Å². The third kappa shape index (κ3) is 3.79. The van der Waals surface area contributed by atoms with E-state index in [1.165, 1.54) is 0 Å². The van der Waals surface area contributed by atoms with Gasteiger partial charge in [-0.25, -0.2) is 4.98 Å². The predicted molar refractivity (Wildman–Crippen MR) is 78.4 cm³/mol. The number of nitrogens with zero attached hydrogens (tertiary/aromatic N) is 1. The average molecular weight is 275 g/mol. The Morgan fingerprint density at radius 1 is 1.42 bits per heavy atom. The minimum Gasteiger partial charge on any atom is -0.398 e. The number of carbonyl (C=O) groups excluding carboxylic acids is 1. The lowest BCUT2D eigenvalue weighted by atomic mass is 10.1. The van der Waals surface area contributed by atoms with Crippen LogP contribution in [0.15, 0.2) is 29.6 Å². The lowest BCUT2D eigenvalue weighted by molar-refractivity contribution is 0.0954. The van der Waals surface area contributed by atoms with E-state index in [1.807, 2.05) is 24.4 Å². The number of nitrogens with one attached hydrogen (secondary N) is 1. The summed E-state index contributed by atoms with van der Waals surface area (Å²) in [5, 5.41) is 6.03. The van der Waals surface area contributed by atoms with Gasteiger partial charge in [0.05, 0.1) is 10.6 Å². The van der Waals surface area contributed by atoms with Gasteiger partial charge in [0.2, 0.25) is 0 Å². The molecule has 1 aromatic carbocycles. The number of hydrogen-bond acceptors (Lipinski definition) is 4. The first-order valence-corrected chi connectivity index (χ1v) is 7.08. The molecule has 0 fully saturated rings. The van der Waals surface area contributed by atoms with E-state index in [9.17, 15) is 4.79 Å². The van der Waals surface area contributed by atoms with Gasteiger partial charge in [-0.15, -0.1) is 11.3 Å². The Hall–Kier alpha value is -1.88. The van der Waals surface area contributed by atoms with Crippen LogP contribution in [0.2, 0.25) is 0 Å². The second-order valence-electron chi connectivity index (χ2n) is 4.33.